The second kappa shape index (κ2) is 6.04. The van der Waals surface area contributed by atoms with E-state index in [9.17, 15) is 0 Å². The Hall–Kier alpha value is -1.22. The van der Waals surface area contributed by atoms with Gasteiger partial charge in [0.1, 0.15) is 0 Å². The third-order valence-corrected chi connectivity index (χ3v) is 4.18. The minimum atomic E-state index is 0.247. The summed E-state index contributed by atoms with van der Waals surface area (Å²) in [5.41, 5.74) is 3.55. The van der Waals surface area contributed by atoms with E-state index in [1.165, 1.54) is 11.1 Å². The minimum absolute atomic E-state index is 0.247. The van der Waals surface area contributed by atoms with E-state index in [0.717, 1.165) is 25.2 Å². The van der Waals surface area contributed by atoms with Crippen molar-refractivity contribution in [2.45, 2.75) is 19.0 Å². The summed E-state index contributed by atoms with van der Waals surface area (Å²) in [6.07, 6.45) is 1.01. The number of rotatable bonds is 2. The van der Waals surface area contributed by atoms with Gasteiger partial charge in [-0.05, 0) is 42.3 Å². The van der Waals surface area contributed by atoms with E-state index in [1.807, 2.05) is 12.1 Å². The van der Waals surface area contributed by atoms with Gasteiger partial charge in [-0.15, -0.1) is 0 Å². The van der Waals surface area contributed by atoms with Crippen LogP contribution in [0.3, 0.4) is 0 Å². The van der Waals surface area contributed by atoms with E-state index in [2.05, 4.69) is 34.9 Å². The molecular formula is C16H16Cl2N2. The fraction of sp³-hybridized carbons (Fsp3) is 0.250. The lowest BCUT2D eigenvalue weighted by atomic mass is 9.99. The average molecular weight is 307 g/mol. The van der Waals surface area contributed by atoms with E-state index < -0.39 is 0 Å². The summed E-state index contributed by atoms with van der Waals surface area (Å²) in [6.45, 7) is 1.89. The molecule has 1 heterocycles. The molecule has 0 amide bonds. The predicted molar refractivity (Wildman–Crippen MR) is 85.6 cm³/mol. The second-order valence-electron chi connectivity index (χ2n) is 4.99. The number of anilines is 1. The molecule has 0 saturated heterocycles. The summed E-state index contributed by atoms with van der Waals surface area (Å²) < 4.78 is 0. The highest BCUT2D eigenvalue weighted by atomic mass is 35.5. The van der Waals surface area contributed by atoms with Gasteiger partial charge in [-0.25, -0.2) is 0 Å². The normalized spacial score (nSPS) is 18.2. The fourth-order valence-corrected chi connectivity index (χ4v) is 2.95. The van der Waals surface area contributed by atoms with Gasteiger partial charge in [0.2, 0.25) is 0 Å². The molecule has 20 heavy (non-hydrogen) atoms. The number of halogens is 2. The third kappa shape index (κ3) is 2.93. The summed E-state index contributed by atoms with van der Waals surface area (Å²) in [4.78, 5) is 0. The molecule has 0 bridgehead atoms. The van der Waals surface area contributed by atoms with Gasteiger partial charge in [-0.3, -0.25) is 0 Å². The average Bonchev–Trinajstić information content (AvgIpc) is 2.66. The molecule has 1 atom stereocenters. The Labute approximate surface area is 129 Å². The summed E-state index contributed by atoms with van der Waals surface area (Å²) in [7, 11) is 0. The third-order valence-electron chi connectivity index (χ3n) is 3.61. The molecule has 1 aliphatic heterocycles. The van der Waals surface area contributed by atoms with Crippen LogP contribution in [0.15, 0.2) is 42.5 Å². The largest absolute Gasteiger partial charge is 0.377 e. The Morgan fingerprint density at radius 1 is 1.10 bits per heavy atom. The van der Waals surface area contributed by atoms with Crippen LogP contribution in [0.4, 0.5) is 5.69 Å². The first-order valence-electron chi connectivity index (χ1n) is 6.74. The van der Waals surface area contributed by atoms with Crippen LogP contribution in [0.2, 0.25) is 10.0 Å². The summed E-state index contributed by atoms with van der Waals surface area (Å²) >= 11 is 12.3. The summed E-state index contributed by atoms with van der Waals surface area (Å²) in [5, 5.41) is 8.37. The van der Waals surface area contributed by atoms with E-state index in [4.69, 9.17) is 23.2 Å². The van der Waals surface area contributed by atoms with Crippen LogP contribution < -0.4 is 10.6 Å². The maximum atomic E-state index is 6.25. The van der Waals surface area contributed by atoms with Crippen molar-refractivity contribution in [1.29, 1.82) is 0 Å². The van der Waals surface area contributed by atoms with Crippen LogP contribution in [0.1, 0.15) is 23.6 Å². The molecule has 104 valence electrons. The van der Waals surface area contributed by atoms with E-state index >= 15 is 0 Å². The number of benzene rings is 2. The lowest BCUT2D eigenvalue weighted by Gasteiger charge is -2.21. The molecular weight excluding hydrogens is 291 g/mol. The molecule has 2 N–H and O–H groups in total. The number of nitrogens with one attached hydrogen (secondary N) is 2. The van der Waals surface area contributed by atoms with Crippen LogP contribution in [0, 0.1) is 0 Å². The predicted octanol–water partition coefficient (Wildman–Crippen LogP) is 4.64. The summed E-state index contributed by atoms with van der Waals surface area (Å²) in [5.74, 6) is 0. The van der Waals surface area contributed by atoms with Gasteiger partial charge >= 0.3 is 0 Å². The van der Waals surface area contributed by atoms with Crippen LogP contribution in [0.5, 0.6) is 0 Å². The Morgan fingerprint density at radius 2 is 1.95 bits per heavy atom. The molecule has 0 fully saturated rings. The minimum Gasteiger partial charge on any atom is -0.377 e. The van der Waals surface area contributed by atoms with Crippen molar-refractivity contribution in [3.8, 4) is 0 Å². The van der Waals surface area contributed by atoms with Gasteiger partial charge in [0, 0.05) is 11.6 Å². The molecule has 0 saturated carbocycles. The zero-order valence-electron chi connectivity index (χ0n) is 11.0. The first kappa shape index (κ1) is 13.7. The molecule has 2 aromatic carbocycles. The highest BCUT2D eigenvalue weighted by Gasteiger charge is 2.18. The van der Waals surface area contributed by atoms with Gasteiger partial charge in [0.05, 0.1) is 16.8 Å². The molecule has 2 aromatic rings. The topological polar surface area (TPSA) is 24.1 Å². The number of hydrogen-bond donors (Lipinski definition) is 2. The zero-order chi connectivity index (χ0) is 13.9. The number of fused-ring (bicyclic) bond motifs is 1. The quantitative estimate of drug-likeness (QED) is 0.844. The number of hydrogen-bond acceptors (Lipinski definition) is 2. The monoisotopic (exact) mass is 306 g/mol. The molecule has 2 nitrogen and oxygen atoms in total. The lowest BCUT2D eigenvalue weighted by molar-refractivity contribution is 0.637. The van der Waals surface area contributed by atoms with Crippen molar-refractivity contribution in [2.24, 2.45) is 0 Å². The van der Waals surface area contributed by atoms with E-state index in [1.54, 1.807) is 6.07 Å². The van der Waals surface area contributed by atoms with Crippen molar-refractivity contribution < 1.29 is 0 Å². The summed E-state index contributed by atoms with van der Waals surface area (Å²) in [6, 6.07) is 14.3. The van der Waals surface area contributed by atoms with Gasteiger partial charge in [-0.2, -0.15) is 0 Å². The molecule has 4 heteroatoms. The molecule has 0 radical (unpaired) electrons. The van der Waals surface area contributed by atoms with E-state index in [-0.39, 0.29) is 6.04 Å². The molecule has 1 unspecified atom stereocenters. The molecule has 0 spiro atoms. The highest BCUT2D eigenvalue weighted by Crippen LogP contribution is 2.32. The van der Waals surface area contributed by atoms with Gasteiger partial charge in [0.15, 0.2) is 0 Å². The van der Waals surface area contributed by atoms with Crippen LogP contribution in [-0.2, 0) is 6.54 Å². The first-order chi connectivity index (χ1) is 9.74. The van der Waals surface area contributed by atoms with Crippen molar-refractivity contribution in [1.82, 2.24) is 5.32 Å². The van der Waals surface area contributed by atoms with Crippen molar-refractivity contribution in [2.75, 3.05) is 11.9 Å². The molecule has 0 aromatic heterocycles. The van der Waals surface area contributed by atoms with Crippen LogP contribution in [-0.4, -0.2) is 6.54 Å². The van der Waals surface area contributed by atoms with Gasteiger partial charge < -0.3 is 10.6 Å². The Balaban J connectivity index is 1.92. The molecule has 1 aliphatic rings. The van der Waals surface area contributed by atoms with Crippen LogP contribution in [0.25, 0.3) is 0 Å². The van der Waals surface area contributed by atoms with Gasteiger partial charge in [0.25, 0.3) is 0 Å². The Morgan fingerprint density at radius 3 is 2.85 bits per heavy atom. The highest BCUT2D eigenvalue weighted by molar-refractivity contribution is 6.35. The van der Waals surface area contributed by atoms with Crippen molar-refractivity contribution >= 4 is 28.9 Å². The van der Waals surface area contributed by atoms with Crippen molar-refractivity contribution in [3.05, 3.63) is 63.6 Å². The Bertz CT molecular complexity index is 613. The Kier molecular flexibility index (Phi) is 4.16. The van der Waals surface area contributed by atoms with Gasteiger partial charge in [-0.1, -0.05) is 47.5 Å². The van der Waals surface area contributed by atoms with E-state index in [0.29, 0.717) is 10.0 Å². The van der Waals surface area contributed by atoms with Crippen LogP contribution >= 0.6 is 23.2 Å². The first-order valence-corrected chi connectivity index (χ1v) is 7.50. The molecule has 0 aliphatic carbocycles. The van der Waals surface area contributed by atoms with Crippen molar-refractivity contribution in [3.63, 3.8) is 0 Å². The smallest absolute Gasteiger partial charge is 0.0638 e. The standard InChI is InChI=1S/C16H16Cl2N2/c17-12-5-6-14(18)16(9-12)20-15-7-8-19-10-11-3-1-2-4-13(11)15/h1-6,9,15,19-20H,7-8,10H2. The maximum Gasteiger partial charge on any atom is 0.0638 e. The SMILES string of the molecule is Clc1ccc(Cl)c(NC2CCNCc3ccccc32)c1. The second-order valence-corrected chi connectivity index (χ2v) is 5.83. The molecule has 3 rings (SSSR count). The zero-order valence-corrected chi connectivity index (χ0v) is 12.5. The fourth-order valence-electron chi connectivity index (χ4n) is 2.61. The maximum absolute atomic E-state index is 6.25. The lowest BCUT2D eigenvalue weighted by Crippen LogP contribution is -2.15.